The van der Waals surface area contributed by atoms with E-state index in [1.807, 2.05) is 29.2 Å². The normalized spacial score (nSPS) is 15.6. The molecule has 0 saturated carbocycles. The molecule has 0 aromatic heterocycles. The van der Waals surface area contributed by atoms with E-state index in [-0.39, 0.29) is 31.0 Å². The Balaban J connectivity index is 0.00000200. The molecule has 1 amide bonds. The molecule has 5 heteroatoms. The van der Waals surface area contributed by atoms with Crippen LogP contribution in [0.25, 0.3) is 0 Å². The molecule has 0 spiro atoms. The number of rotatable bonds is 4. The van der Waals surface area contributed by atoms with Gasteiger partial charge in [-0.05, 0) is 37.0 Å². The van der Waals surface area contributed by atoms with Crippen molar-refractivity contribution in [1.82, 2.24) is 4.90 Å². The van der Waals surface area contributed by atoms with Gasteiger partial charge in [-0.3, -0.25) is 4.79 Å². The van der Waals surface area contributed by atoms with Crippen molar-refractivity contribution < 1.29 is 9.53 Å². The SMILES string of the molecule is CCc1ccc(OCC(=O)N2CCC(N)CC2)cc1.Cl. The highest BCUT2D eigenvalue weighted by Crippen LogP contribution is 2.13. The van der Waals surface area contributed by atoms with Crippen molar-refractivity contribution in [3.8, 4) is 5.75 Å². The molecule has 1 aromatic carbocycles. The fraction of sp³-hybridized carbons (Fsp3) is 0.533. The number of amides is 1. The molecule has 1 saturated heterocycles. The number of hydrogen-bond acceptors (Lipinski definition) is 3. The molecular weight excluding hydrogens is 276 g/mol. The highest BCUT2D eigenvalue weighted by molar-refractivity contribution is 5.85. The minimum Gasteiger partial charge on any atom is -0.484 e. The Kier molecular flexibility index (Phi) is 6.82. The summed E-state index contributed by atoms with van der Waals surface area (Å²) in [6, 6.07) is 8.13. The van der Waals surface area contributed by atoms with E-state index in [9.17, 15) is 4.79 Å². The summed E-state index contributed by atoms with van der Waals surface area (Å²) >= 11 is 0. The molecule has 0 radical (unpaired) electrons. The molecule has 4 nitrogen and oxygen atoms in total. The van der Waals surface area contributed by atoms with Crippen LogP contribution in [0.1, 0.15) is 25.3 Å². The second-order valence-electron chi connectivity index (χ2n) is 5.00. The van der Waals surface area contributed by atoms with Crippen molar-refractivity contribution in [2.75, 3.05) is 19.7 Å². The van der Waals surface area contributed by atoms with Crippen LogP contribution in [0.2, 0.25) is 0 Å². The number of nitrogens with zero attached hydrogens (tertiary/aromatic N) is 1. The summed E-state index contributed by atoms with van der Waals surface area (Å²) < 4.78 is 5.52. The molecule has 1 heterocycles. The van der Waals surface area contributed by atoms with Gasteiger partial charge >= 0.3 is 0 Å². The maximum atomic E-state index is 12.0. The first-order valence-corrected chi connectivity index (χ1v) is 6.94. The summed E-state index contributed by atoms with van der Waals surface area (Å²) in [6.07, 6.45) is 2.78. The number of piperidine rings is 1. The molecule has 0 aliphatic carbocycles. The second-order valence-corrected chi connectivity index (χ2v) is 5.00. The Morgan fingerprint density at radius 3 is 2.45 bits per heavy atom. The Morgan fingerprint density at radius 2 is 1.90 bits per heavy atom. The van der Waals surface area contributed by atoms with Crippen LogP contribution in [0.15, 0.2) is 24.3 Å². The van der Waals surface area contributed by atoms with E-state index >= 15 is 0 Å². The van der Waals surface area contributed by atoms with Crippen LogP contribution in [0.4, 0.5) is 0 Å². The maximum Gasteiger partial charge on any atom is 0.260 e. The average molecular weight is 299 g/mol. The molecule has 1 aromatic rings. The van der Waals surface area contributed by atoms with Crippen molar-refractivity contribution in [2.45, 2.75) is 32.2 Å². The Bertz CT molecular complexity index is 414. The van der Waals surface area contributed by atoms with Crippen LogP contribution in [-0.4, -0.2) is 36.5 Å². The number of nitrogens with two attached hydrogens (primary N) is 1. The second kappa shape index (κ2) is 8.12. The lowest BCUT2D eigenvalue weighted by Crippen LogP contribution is -2.44. The molecule has 2 rings (SSSR count). The minimum absolute atomic E-state index is 0. The van der Waals surface area contributed by atoms with Crippen LogP contribution < -0.4 is 10.5 Å². The van der Waals surface area contributed by atoms with Gasteiger partial charge in [0, 0.05) is 19.1 Å². The van der Waals surface area contributed by atoms with E-state index in [2.05, 4.69) is 6.92 Å². The predicted octanol–water partition coefficient (Wildman–Crippen LogP) is 2.00. The van der Waals surface area contributed by atoms with Crippen molar-refractivity contribution >= 4 is 18.3 Å². The highest BCUT2D eigenvalue weighted by atomic mass is 35.5. The first kappa shape index (κ1) is 16.8. The summed E-state index contributed by atoms with van der Waals surface area (Å²) in [5, 5.41) is 0. The number of carbonyl (C=O) groups excluding carboxylic acids is 1. The lowest BCUT2D eigenvalue weighted by atomic mass is 10.1. The number of likely N-dealkylation sites (tertiary alicyclic amines) is 1. The zero-order chi connectivity index (χ0) is 13.7. The van der Waals surface area contributed by atoms with Gasteiger partial charge in [-0.15, -0.1) is 12.4 Å². The van der Waals surface area contributed by atoms with Crippen molar-refractivity contribution in [3.05, 3.63) is 29.8 Å². The topological polar surface area (TPSA) is 55.6 Å². The van der Waals surface area contributed by atoms with Gasteiger partial charge in [-0.1, -0.05) is 19.1 Å². The van der Waals surface area contributed by atoms with E-state index < -0.39 is 0 Å². The molecule has 0 atom stereocenters. The first-order valence-electron chi connectivity index (χ1n) is 6.94. The van der Waals surface area contributed by atoms with Gasteiger partial charge in [0.05, 0.1) is 0 Å². The third-order valence-electron chi connectivity index (χ3n) is 3.59. The third kappa shape index (κ3) is 4.69. The number of halogens is 1. The summed E-state index contributed by atoms with van der Waals surface area (Å²) in [4.78, 5) is 13.8. The van der Waals surface area contributed by atoms with Gasteiger partial charge in [0.25, 0.3) is 5.91 Å². The lowest BCUT2D eigenvalue weighted by Gasteiger charge is -2.30. The van der Waals surface area contributed by atoms with Gasteiger partial charge in [-0.2, -0.15) is 0 Å². The van der Waals surface area contributed by atoms with Crippen molar-refractivity contribution in [3.63, 3.8) is 0 Å². The molecule has 1 aliphatic rings. The molecular formula is C15H23ClN2O2. The zero-order valence-electron chi connectivity index (χ0n) is 11.9. The van der Waals surface area contributed by atoms with Crippen molar-refractivity contribution in [1.29, 1.82) is 0 Å². The number of benzene rings is 1. The Labute approximate surface area is 126 Å². The molecule has 0 unspecified atom stereocenters. The summed E-state index contributed by atoms with van der Waals surface area (Å²) in [6.45, 7) is 3.72. The fourth-order valence-electron chi connectivity index (χ4n) is 2.21. The minimum atomic E-state index is 0. The van der Waals surface area contributed by atoms with Gasteiger partial charge in [0.1, 0.15) is 5.75 Å². The smallest absolute Gasteiger partial charge is 0.260 e. The fourth-order valence-corrected chi connectivity index (χ4v) is 2.21. The molecule has 1 fully saturated rings. The van der Waals surface area contributed by atoms with Gasteiger partial charge in [0.15, 0.2) is 6.61 Å². The molecule has 0 bridgehead atoms. The van der Waals surface area contributed by atoms with Gasteiger partial charge in [-0.25, -0.2) is 0 Å². The average Bonchev–Trinajstić information content (AvgIpc) is 2.46. The van der Waals surface area contributed by atoms with Gasteiger partial charge in [0.2, 0.25) is 0 Å². The van der Waals surface area contributed by atoms with E-state index in [0.29, 0.717) is 0 Å². The first-order chi connectivity index (χ1) is 9.19. The quantitative estimate of drug-likeness (QED) is 0.925. The van der Waals surface area contributed by atoms with Crippen LogP contribution in [0.5, 0.6) is 5.75 Å². The number of ether oxygens (including phenoxy) is 1. The van der Waals surface area contributed by atoms with Crippen LogP contribution in [-0.2, 0) is 11.2 Å². The number of hydrogen-bond donors (Lipinski definition) is 1. The number of carbonyl (C=O) groups is 1. The molecule has 2 N–H and O–H groups in total. The summed E-state index contributed by atoms with van der Waals surface area (Å²) in [5.74, 6) is 0.797. The largest absolute Gasteiger partial charge is 0.484 e. The summed E-state index contributed by atoms with van der Waals surface area (Å²) in [5.41, 5.74) is 7.09. The van der Waals surface area contributed by atoms with E-state index in [1.165, 1.54) is 5.56 Å². The van der Waals surface area contributed by atoms with Crippen LogP contribution in [0.3, 0.4) is 0 Å². The molecule has 1 aliphatic heterocycles. The van der Waals surface area contributed by atoms with Crippen molar-refractivity contribution in [2.24, 2.45) is 5.73 Å². The van der Waals surface area contributed by atoms with E-state index in [0.717, 1.165) is 38.1 Å². The predicted molar refractivity (Wildman–Crippen MR) is 82.4 cm³/mol. The monoisotopic (exact) mass is 298 g/mol. The summed E-state index contributed by atoms with van der Waals surface area (Å²) in [7, 11) is 0. The highest BCUT2D eigenvalue weighted by Gasteiger charge is 2.20. The third-order valence-corrected chi connectivity index (χ3v) is 3.59. The van der Waals surface area contributed by atoms with Gasteiger partial charge < -0.3 is 15.4 Å². The zero-order valence-corrected chi connectivity index (χ0v) is 12.7. The van der Waals surface area contributed by atoms with E-state index in [1.54, 1.807) is 0 Å². The Morgan fingerprint density at radius 1 is 1.30 bits per heavy atom. The standard InChI is InChI=1S/C15H22N2O2.ClH/c1-2-12-3-5-14(6-4-12)19-11-15(18)17-9-7-13(16)8-10-17;/h3-6,13H,2,7-11,16H2,1H3;1H. The van der Waals surface area contributed by atoms with Crippen LogP contribution >= 0.6 is 12.4 Å². The maximum absolute atomic E-state index is 12.0. The molecule has 112 valence electrons. The van der Waals surface area contributed by atoms with E-state index in [4.69, 9.17) is 10.5 Å². The Hall–Kier alpha value is -1.26. The van der Waals surface area contributed by atoms with Crippen LogP contribution in [0, 0.1) is 0 Å². The number of aryl methyl sites for hydroxylation is 1. The lowest BCUT2D eigenvalue weighted by molar-refractivity contribution is -0.134. The molecule has 20 heavy (non-hydrogen) atoms.